The van der Waals surface area contributed by atoms with Crippen molar-refractivity contribution in [3.63, 3.8) is 0 Å². The Kier molecular flexibility index (Phi) is 2.64. The van der Waals surface area contributed by atoms with Gasteiger partial charge in [-0.15, -0.1) is 0 Å². The first-order valence-corrected chi connectivity index (χ1v) is 6.58. The molecule has 2 aromatic carbocycles. The van der Waals surface area contributed by atoms with E-state index in [9.17, 15) is 0 Å². The van der Waals surface area contributed by atoms with Gasteiger partial charge in [-0.3, -0.25) is 0 Å². The molecular formula is C16H13Br. The molecule has 0 spiro atoms. The lowest BCUT2D eigenvalue weighted by atomic mass is 9.90. The molecule has 0 N–H and O–H groups in total. The van der Waals surface area contributed by atoms with E-state index in [1.54, 1.807) is 0 Å². The zero-order chi connectivity index (χ0) is 11.8. The van der Waals surface area contributed by atoms with Gasteiger partial charge in [0.05, 0.1) is 0 Å². The van der Waals surface area contributed by atoms with E-state index in [-0.39, 0.29) is 0 Å². The van der Waals surface area contributed by atoms with Gasteiger partial charge in [0.15, 0.2) is 0 Å². The summed E-state index contributed by atoms with van der Waals surface area (Å²) in [4.78, 5) is 0. The Morgan fingerprint density at radius 2 is 1.82 bits per heavy atom. The van der Waals surface area contributed by atoms with Crippen molar-refractivity contribution in [2.24, 2.45) is 0 Å². The van der Waals surface area contributed by atoms with Crippen LogP contribution < -0.4 is 0 Å². The molecule has 0 heterocycles. The Labute approximate surface area is 110 Å². The van der Waals surface area contributed by atoms with Crippen LogP contribution >= 0.6 is 15.9 Å². The van der Waals surface area contributed by atoms with Crippen molar-refractivity contribution in [2.45, 2.75) is 12.8 Å². The zero-order valence-corrected chi connectivity index (χ0v) is 11.2. The fraction of sp³-hybridized carbons (Fsp3) is 0.125. The van der Waals surface area contributed by atoms with Gasteiger partial charge in [0.25, 0.3) is 0 Å². The van der Waals surface area contributed by atoms with Gasteiger partial charge in [-0.05, 0) is 41.3 Å². The average Bonchev–Trinajstić information content (AvgIpc) is 2.74. The van der Waals surface area contributed by atoms with Crippen molar-refractivity contribution in [1.82, 2.24) is 0 Å². The molecule has 0 fully saturated rings. The van der Waals surface area contributed by atoms with Crippen LogP contribution in [0.4, 0.5) is 0 Å². The summed E-state index contributed by atoms with van der Waals surface area (Å²) in [7, 11) is 0. The smallest absolute Gasteiger partial charge is 0.0281 e. The second kappa shape index (κ2) is 4.15. The number of allylic oxidation sites excluding steroid dienone is 1. The lowest BCUT2D eigenvalue weighted by Crippen LogP contribution is -1.98. The molecule has 2 aromatic rings. The molecule has 0 saturated carbocycles. The van der Waals surface area contributed by atoms with Crippen LogP contribution in [-0.4, -0.2) is 0 Å². The average molecular weight is 285 g/mol. The van der Waals surface area contributed by atoms with Crippen LogP contribution in [0.25, 0.3) is 6.08 Å². The number of rotatable bonds is 1. The maximum atomic E-state index is 3.56. The fourth-order valence-corrected chi connectivity index (χ4v) is 3.17. The number of hydrogen-bond donors (Lipinski definition) is 0. The van der Waals surface area contributed by atoms with Crippen LogP contribution in [0, 0.1) is 6.92 Å². The van der Waals surface area contributed by atoms with E-state index in [4.69, 9.17) is 0 Å². The summed E-state index contributed by atoms with van der Waals surface area (Å²) in [6.07, 6.45) is 4.52. The lowest BCUT2D eigenvalue weighted by molar-refractivity contribution is 1.03. The maximum Gasteiger partial charge on any atom is 0.0281 e. The minimum Gasteiger partial charge on any atom is -0.0720 e. The molecule has 1 aliphatic carbocycles. The van der Waals surface area contributed by atoms with Crippen molar-refractivity contribution >= 4 is 22.0 Å². The summed E-state index contributed by atoms with van der Waals surface area (Å²) in [6.45, 7) is 2.19. The maximum absolute atomic E-state index is 3.56. The van der Waals surface area contributed by atoms with E-state index in [1.807, 2.05) is 0 Å². The number of hydrogen-bond acceptors (Lipinski definition) is 0. The Hall–Kier alpha value is -1.34. The third-order valence-corrected chi connectivity index (χ3v) is 3.78. The molecule has 0 saturated heterocycles. The summed E-state index contributed by atoms with van der Waals surface area (Å²) in [5, 5.41) is 0. The standard InChI is InChI=1S/C16H13Br/c1-11-9-14(17)10-13-7-8-15(16(11)13)12-5-3-2-4-6-12/h2-10,15H,1H3. The molecule has 3 rings (SSSR count). The van der Waals surface area contributed by atoms with Gasteiger partial charge in [0.1, 0.15) is 0 Å². The summed E-state index contributed by atoms with van der Waals surface area (Å²) < 4.78 is 1.16. The van der Waals surface area contributed by atoms with E-state index in [1.165, 1.54) is 22.3 Å². The Morgan fingerprint density at radius 1 is 1.06 bits per heavy atom. The van der Waals surface area contributed by atoms with Gasteiger partial charge < -0.3 is 0 Å². The zero-order valence-electron chi connectivity index (χ0n) is 9.65. The number of fused-ring (bicyclic) bond motifs is 1. The van der Waals surface area contributed by atoms with Crippen molar-refractivity contribution in [3.05, 3.63) is 75.3 Å². The Bertz CT molecular complexity index is 582. The van der Waals surface area contributed by atoms with E-state index < -0.39 is 0 Å². The second-order valence-corrected chi connectivity index (χ2v) is 5.39. The summed E-state index contributed by atoms with van der Waals surface area (Å²) in [5.41, 5.74) is 5.51. The summed E-state index contributed by atoms with van der Waals surface area (Å²) >= 11 is 3.56. The summed E-state index contributed by atoms with van der Waals surface area (Å²) in [6, 6.07) is 15.1. The van der Waals surface area contributed by atoms with Crippen LogP contribution in [0.3, 0.4) is 0 Å². The largest absolute Gasteiger partial charge is 0.0720 e. The molecule has 0 bridgehead atoms. The highest BCUT2D eigenvalue weighted by Crippen LogP contribution is 2.38. The van der Waals surface area contributed by atoms with E-state index in [0.717, 1.165) is 4.47 Å². The fourth-order valence-electron chi connectivity index (χ4n) is 2.58. The van der Waals surface area contributed by atoms with Gasteiger partial charge >= 0.3 is 0 Å². The Morgan fingerprint density at radius 3 is 2.59 bits per heavy atom. The topological polar surface area (TPSA) is 0 Å². The Balaban J connectivity index is 2.14. The molecule has 0 aliphatic heterocycles. The van der Waals surface area contributed by atoms with Crippen LogP contribution in [0.15, 0.2) is 53.0 Å². The van der Waals surface area contributed by atoms with Gasteiger partial charge in [-0.1, -0.05) is 58.4 Å². The molecule has 1 heteroatoms. The molecule has 0 aromatic heterocycles. The highest BCUT2D eigenvalue weighted by atomic mass is 79.9. The van der Waals surface area contributed by atoms with E-state index >= 15 is 0 Å². The minimum atomic E-state index is 0.416. The highest BCUT2D eigenvalue weighted by molar-refractivity contribution is 9.10. The predicted octanol–water partition coefficient (Wildman–Crippen LogP) is 4.92. The summed E-state index contributed by atoms with van der Waals surface area (Å²) in [5.74, 6) is 0.416. The van der Waals surface area contributed by atoms with Crippen molar-refractivity contribution in [3.8, 4) is 0 Å². The van der Waals surface area contributed by atoms with Crippen molar-refractivity contribution in [1.29, 1.82) is 0 Å². The van der Waals surface area contributed by atoms with E-state index in [2.05, 4.69) is 77.5 Å². The highest BCUT2D eigenvalue weighted by Gasteiger charge is 2.21. The minimum absolute atomic E-state index is 0.416. The molecule has 84 valence electrons. The predicted molar refractivity (Wildman–Crippen MR) is 76.2 cm³/mol. The first-order valence-electron chi connectivity index (χ1n) is 5.79. The van der Waals surface area contributed by atoms with E-state index in [0.29, 0.717) is 5.92 Å². The van der Waals surface area contributed by atoms with Crippen molar-refractivity contribution < 1.29 is 0 Å². The van der Waals surface area contributed by atoms with Gasteiger partial charge in [0.2, 0.25) is 0 Å². The first kappa shape index (κ1) is 10.8. The number of benzene rings is 2. The molecule has 0 nitrogen and oxygen atoms in total. The quantitative estimate of drug-likeness (QED) is 0.698. The number of aryl methyl sites for hydroxylation is 1. The molecule has 17 heavy (non-hydrogen) atoms. The normalized spacial score (nSPS) is 17.2. The number of halogens is 1. The van der Waals surface area contributed by atoms with Crippen LogP contribution in [0.1, 0.15) is 28.2 Å². The van der Waals surface area contributed by atoms with Gasteiger partial charge in [-0.2, -0.15) is 0 Å². The second-order valence-electron chi connectivity index (χ2n) is 4.47. The molecule has 0 amide bonds. The van der Waals surface area contributed by atoms with Gasteiger partial charge in [0, 0.05) is 10.4 Å². The molecule has 1 unspecified atom stereocenters. The third kappa shape index (κ3) is 1.85. The van der Waals surface area contributed by atoms with Crippen LogP contribution in [0.5, 0.6) is 0 Å². The van der Waals surface area contributed by atoms with Crippen molar-refractivity contribution in [2.75, 3.05) is 0 Å². The van der Waals surface area contributed by atoms with Crippen LogP contribution in [0.2, 0.25) is 0 Å². The SMILES string of the molecule is Cc1cc(Br)cc2c1C(c1ccccc1)C=C2. The van der Waals surface area contributed by atoms with Crippen LogP contribution in [-0.2, 0) is 0 Å². The van der Waals surface area contributed by atoms with Gasteiger partial charge in [-0.25, -0.2) is 0 Å². The molecule has 1 aliphatic rings. The monoisotopic (exact) mass is 284 g/mol. The molecule has 0 radical (unpaired) electrons. The third-order valence-electron chi connectivity index (χ3n) is 3.32. The lowest BCUT2D eigenvalue weighted by Gasteiger charge is -2.14. The molecular weight excluding hydrogens is 272 g/mol. The molecule has 1 atom stereocenters. The first-order chi connectivity index (χ1) is 8.25.